The van der Waals surface area contributed by atoms with Crippen LogP contribution in [-0.2, 0) is 0 Å². The van der Waals surface area contributed by atoms with E-state index in [1.807, 2.05) is 0 Å². The largest absolute Gasteiger partial charge is 0.631 e. The molecule has 0 spiro atoms. The SMILES string of the molecule is Nc1ccc(F)cc1.OB(O)O. The zero-order chi connectivity index (χ0) is 9.56. The highest BCUT2D eigenvalue weighted by Crippen LogP contribution is 2.01. The molecular formula is C6H9BFNO3. The van der Waals surface area contributed by atoms with Crippen LogP contribution in [0.5, 0.6) is 0 Å². The van der Waals surface area contributed by atoms with Crippen LogP contribution < -0.4 is 5.73 Å². The maximum Gasteiger partial charge on any atom is 0.631 e. The summed E-state index contributed by atoms with van der Waals surface area (Å²) in [5.74, 6) is -0.251. The van der Waals surface area contributed by atoms with Crippen molar-refractivity contribution in [3.63, 3.8) is 0 Å². The van der Waals surface area contributed by atoms with Crippen LogP contribution in [0, 0.1) is 5.82 Å². The Kier molecular flexibility index (Phi) is 5.02. The molecule has 1 aromatic rings. The first kappa shape index (κ1) is 10.9. The van der Waals surface area contributed by atoms with Crippen molar-refractivity contribution in [3.8, 4) is 0 Å². The fraction of sp³-hybridized carbons (Fsp3) is 0. The maximum atomic E-state index is 12.0. The van der Waals surface area contributed by atoms with Gasteiger partial charge in [-0.05, 0) is 24.3 Å². The smallest absolute Gasteiger partial charge is 0.402 e. The van der Waals surface area contributed by atoms with Gasteiger partial charge < -0.3 is 20.8 Å². The first-order valence-corrected chi connectivity index (χ1v) is 3.07. The quantitative estimate of drug-likeness (QED) is 0.310. The van der Waals surface area contributed by atoms with E-state index < -0.39 is 7.32 Å². The summed E-state index contributed by atoms with van der Waals surface area (Å²) >= 11 is 0. The third-order valence-electron chi connectivity index (χ3n) is 0.870. The zero-order valence-corrected chi connectivity index (χ0v) is 6.18. The minimum Gasteiger partial charge on any atom is -0.402 e. The van der Waals surface area contributed by atoms with Crippen molar-refractivity contribution in [2.45, 2.75) is 0 Å². The van der Waals surface area contributed by atoms with Gasteiger partial charge in [0.05, 0.1) is 0 Å². The maximum absolute atomic E-state index is 12.0. The Hall–Kier alpha value is -1.11. The van der Waals surface area contributed by atoms with Gasteiger partial charge in [0.25, 0.3) is 0 Å². The molecule has 0 radical (unpaired) electrons. The number of anilines is 1. The summed E-state index contributed by atoms with van der Waals surface area (Å²) in [7, 11) is -2.17. The summed E-state index contributed by atoms with van der Waals surface area (Å²) in [5.41, 5.74) is 5.85. The van der Waals surface area contributed by atoms with E-state index in [4.69, 9.17) is 20.8 Å². The molecule has 0 aliphatic rings. The average Bonchev–Trinajstić information content (AvgIpc) is 1.94. The fourth-order valence-electron chi connectivity index (χ4n) is 0.463. The number of rotatable bonds is 0. The summed E-state index contributed by atoms with van der Waals surface area (Å²) < 4.78 is 12.0. The number of benzene rings is 1. The van der Waals surface area contributed by atoms with Crippen LogP contribution in [0.3, 0.4) is 0 Å². The second kappa shape index (κ2) is 5.53. The Morgan fingerprint density at radius 1 is 1.08 bits per heavy atom. The van der Waals surface area contributed by atoms with Crippen LogP contribution in [-0.4, -0.2) is 22.4 Å². The fourth-order valence-corrected chi connectivity index (χ4v) is 0.463. The molecule has 0 saturated heterocycles. The van der Waals surface area contributed by atoms with Crippen molar-refractivity contribution in [3.05, 3.63) is 30.1 Å². The van der Waals surface area contributed by atoms with E-state index in [1.165, 1.54) is 24.3 Å². The summed E-state index contributed by atoms with van der Waals surface area (Å²) in [6.45, 7) is 0. The highest BCUT2D eigenvalue weighted by atomic mass is 19.1. The van der Waals surface area contributed by atoms with Gasteiger partial charge in [0.2, 0.25) is 0 Å². The Bertz CT molecular complexity index is 193. The lowest BCUT2D eigenvalue weighted by Crippen LogP contribution is -2.07. The van der Waals surface area contributed by atoms with E-state index >= 15 is 0 Å². The van der Waals surface area contributed by atoms with Crippen LogP contribution in [0.2, 0.25) is 0 Å². The number of nitrogens with two attached hydrogens (primary N) is 1. The van der Waals surface area contributed by atoms with E-state index in [9.17, 15) is 4.39 Å². The second-order valence-electron chi connectivity index (χ2n) is 1.90. The molecule has 0 heterocycles. The monoisotopic (exact) mass is 173 g/mol. The van der Waals surface area contributed by atoms with Crippen molar-refractivity contribution >= 4 is 13.0 Å². The normalized spacial score (nSPS) is 8.33. The lowest BCUT2D eigenvalue weighted by molar-refractivity contribution is 0.278. The first-order chi connectivity index (χ1) is 5.52. The Labute approximate surface area is 69.3 Å². The molecule has 0 bridgehead atoms. The molecule has 0 aliphatic heterocycles. The predicted octanol–water partition coefficient (Wildman–Crippen LogP) is -0.644. The standard InChI is InChI=1S/C6H6FN.BH3O3/c7-5-1-3-6(8)4-2-5;2-1(3)4/h1-4H,8H2;2-4H. The molecule has 5 N–H and O–H groups in total. The van der Waals surface area contributed by atoms with Gasteiger partial charge in [-0.2, -0.15) is 0 Å². The summed E-state index contributed by atoms with van der Waals surface area (Å²) in [6.07, 6.45) is 0. The molecule has 0 fully saturated rings. The number of halogens is 1. The lowest BCUT2D eigenvalue weighted by Gasteiger charge is -1.87. The summed E-state index contributed by atoms with van der Waals surface area (Å²) in [4.78, 5) is 0. The van der Waals surface area contributed by atoms with Crippen molar-refractivity contribution in [1.29, 1.82) is 0 Å². The number of hydrogen-bond donors (Lipinski definition) is 4. The van der Waals surface area contributed by atoms with Crippen LogP contribution in [0.4, 0.5) is 10.1 Å². The van der Waals surface area contributed by atoms with Crippen LogP contribution in [0.25, 0.3) is 0 Å². The third-order valence-corrected chi connectivity index (χ3v) is 0.870. The molecule has 0 unspecified atom stereocenters. The molecule has 0 saturated carbocycles. The Morgan fingerprint density at radius 2 is 1.42 bits per heavy atom. The number of nitrogen functional groups attached to an aromatic ring is 1. The molecule has 0 aromatic heterocycles. The van der Waals surface area contributed by atoms with Gasteiger partial charge in [-0.1, -0.05) is 0 Å². The minimum atomic E-state index is -2.17. The van der Waals surface area contributed by atoms with Crippen LogP contribution in [0.15, 0.2) is 24.3 Å². The third kappa shape index (κ3) is 7.01. The van der Waals surface area contributed by atoms with Crippen LogP contribution >= 0.6 is 0 Å². The molecule has 0 atom stereocenters. The van der Waals surface area contributed by atoms with Gasteiger partial charge in [-0.3, -0.25) is 0 Å². The van der Waals surface area contributed by atoms with E-state index in [2.05, 4.69) is 0 Å². The Balaban J connectivity index is 0.000000261. The molecular weight excluding hydrogens is 164 g/mol. The van der Waals surface area contributed by atoms with E-state index in [0.29, 0.717) is 5.69 Å². The van der Waals surface area contributed by atoms with Gasteiger partial charge in [0.15, 0.2) is 0 Å². The molecule has 66 valence electrons. The lowest BCUT2D eigenvalue weighted by atomic mass is 10.3. The molecule has 1 rings (SSSR count). The van der Waals surface area contributed by atoms with Crippen molar-refractivity contribution in [2.75, 3.05) is 5.73 Å². The molecule has 0 aliphatic carbocycles. The summed E-state index contributed by atoms with van der Waals surface area (Å²) in [5, 5.41) is 21.5. The van der Waals surface area contributed by atoms with Crippen molar-refractivity contribution in [2.24, 2.45) is 0 Å². The van der Waals surface area contributed by atoms with Crippen molar-refractivity contribution < 1.29 is 19.5 Å². The molecule has 6 heteroatoms. The van der Waals surface area contributed by atoms with Gasteiger partial charge in [0, 0.05) is 5.69 Å². The van der Waals surface area contributed by atoms with E-state index in [0.717, 1.165) is 0 Å². The minimum absolute atomic E-state index is 0.251. The molecule has 0 amide bonds. The highest BCUT2D eigenvalue weighted by molar-refractivity contribution is 6.30. The van der Waals surface area contributed by atoms with Gasteiger partial charge >= 0.3 is 7.32 Å². The van der Waals surface area contributed by atoms with Gasteiger partial charge in [0.1, 0.15) is 5.82 Å². The first-order valence-electron chi connectivity index (χ1n) is 3.07. The van der Waals surface area contributed by atoms with E-state index in [-0.39, 0.29) is 5.82 Å². The highest BCUT2D eigenvalue weighted by Gasteiger charge is 1.92. The molecule has 12 heavy (non-hydrogen) atoms. The van der Waals surface area contributed by atoms with Gasteiger partial charge in [-0.15, -0.1) is 0 Å². The van der Waals surface area contributed by atoms with Crippen molar-refractivity contribution in [1.82, 2.24) is 0 Å². The number of hydrogen-bond acceptors (Lipinski definition) is 4. The Morgan fingerprint density at radius 3 is 1.67 bits per heavy atom. The zero-order valence-electron chi connectivity index (χ0n) is 6.18. The predicted molar refractivity (Wildman–Crippen MR) is 43.2 cm³/mol. The van der Waals surface area contributed by atoms with Gasteiger partial charge in [-0.25, -0.2) is 4.39 Å². The average molecular weight is 173 g/mol. The topological polar surface area (TPSA) is 86.7 Å². The molecule has 4 nitrogen and oxygen atoms in total. The second-order valence-corrected chi connectivity index (χ2v) is 1.90. The van der Waals surface area contributed by atoms with Crippen LogP contribution in [0.1, 0.15) is 0 Å². The van der Waals surface area contributed by atoms with E-state index in [1.54, 1.807) is 0 Å². The summed E-state index contributed by atoms with van der Waals surface area (Å²) in [6, 6.07) is 5.70. The molecule has 1 aromatic carbocycles.